The summed E-state index contributed by atoms with van der Waals surface area (Å²) in [6, 6.07) is 12.6. The standard InChI is InChI=1S/C17H16N4O5S/c1-11-6-8-12(9-7-11)26-10-15(22)19-20-17(27)18-16(23)13-4-2-3-5-14(13)21(24)25/h2-9H,10H2,1H3,(H,19,22)(H2,18,20,23,27). The smallest absolute Gasteiger partial charge is 0.282 e. The fourth-order valence-electron chi connectivity index (χ4n) is 1.97. The van der Waals surface area contributed by atoms with Crippen molar-refractivity contribution in [1.29, 1.82) is 0 Å². The number of hydrogen-bond donors (Lipinski definition) is 3. The number of hydrazine groups is 1. The molecule has 0 aliphatic carbocycles. The van der Waals surface area contributed by atoms with Crippen molar-refractivity contribution in [3.05, 3.63) is 69.8 Å². The molecule has 0 radical (unpaired) electrons. The largest absolute Gasteiger partial charge is 0.484 e. The van der Waals surface area contributed by atoms with Crippen LogP contribution in [0.3, 0.4) is 0 Å². The van der Waals surface area contributed by atoms with Crippen LogP contribution in [0.4, 0.5) is 5.69 Å². The van der Waals surface area contributed by atoms with E-state index in [2.05, 4.69) is 16.2 Å². The SMILES string of the molecule is Cc1ccc(OCC(=O)NNC(=S)NC(=O)c2ccccc2[N+](=O)[O-])cc1. The summed E-state index contributed by atoms with van der Waals surface area (Å²) in [6.45, 7) is 1.66. The topological polar surface area (TPSA) is 123 Å². The molecule has 10 heteroatoms. The van der Waals surface area contributed by atoms with E-state index in [0.717, 1.165) is 5.56 Å². The van der Waals surface area contributed by atoms with Gasteiger partial charge in [-0.3, -0.25) is 35.9 Å². The van der Waals surface area contributed by atoms with E-state index in [9.17, 15) is 19.7 Å². The second-order valence-electron chi connectivity index (χ2n) is 5.33. The van der Waals surface area contributed by atoms with Gasteiger partial charge in [0.1, 0.15) is 11.3 Å². The van der Waals surface area contributed by atoms with Crippen molar-refractivity contribution in [2.45, 2.75) is 6.92 Å². The maximum Gasteiger partial charge on any atom is 0.282 e. The highest BCUT2D eigenvalue weighted by Gasteiger charge is 2.19. The van der Waals surface area contributed by atoms with Gasteiger partial charge in [0.15, 0.2) is 11.7 Å². The molecule has 0 fully saturated rings. The Morgan fingerprint density at radius 2 is 1.78 bits per heavy atom. The quantitative estimate of drug-likeness (QED) is 0.404. The molecule has 0 atom stereocenters. The molecule has 0 unspecified atom stereocenters. The van der Waals surface area contributed by atoms with E-state index in [4.69, 9.17) is 17.0 Å². The highest BCUT2D eigenvalue weighted by atomic mass is 32.1. The van der Waals surface area contributed by atoms with Gasteiger partial charge in [-0.25, -0.2) is 0 Å². The Bertz CT molecular complexity index is 870. The van der Waals surface area contributed by atoms with Crippen molar-refractivity contribution in [1.82, 2.24) is 16.2 Å². The number of rotatable bonds is 5. The normalized spacial score (nSPS) is 9.81. The first-order valence-corrected chi connectivity index (χ1v) is 8.10. The highest BCUT2D eigenvalue weighted by Crippen LogP contribution is 2.17. The molecule has 2 aromatic rings. The number of nitro groups is 1. The lowest BCUT2D eigenvalue weighted by molar-refractivity contribution is -0.385. The van der Waals surface area contributed by atoms with E-state index in [0.29, 0.717) is 5.75 Å². The molecular weight excluding hydrogens is 372 g/mol. The molecule has 2 aromatic carbocycles. The first-order chi connectivity index (χ1) is 12.9. The van der Waals surface area contributed by atoms with Crippen LogP contribution >= 0.6 is 12.2 Å². The molecule has 0 heterocycles. The molecule has 2 rings (SSSR count). The van der Waals surface area contributed by atoms with Gasteiger partial charge in [0.2, 0.25) is 0 Å². The Morgan fingerprint density at radius 1 is 1.11 bits per heavy atom. The molecule has 0 bridgehead atoms. The fourth-order valence-corrected chi connectivity index (χ4v) is 2.12. The van der Waals surface area contributed by atoms with Gasteiger partial charge >= 0.3 is 0 Å². The number of thiocarbonyl (C=S) groups is 1. The Labute approximate surface area is 159 Å². The van der Waals surface area contributed by atoms with Crippen LogP contribution in [0, 0.1) is 17.0 Å². The number of ether oxygens (including phenoxy) is 1. The van der Waals surface area contributed by atoms with Crippen molar-refractivity contribution in [3.8, 4) is 5.75 Å². The number of benzene rings is 2. The van der Waals surface area contributed by atoms with Crippen LogP contribution in [0.15, 0.2) is 48.5 Å². The molecular formula is C17H16N4O5S. The molecule has 0 aromatic heterocycles. The van der Waals surface area contributed by atoms with Crippen molar-refractivity contribution < 1.29 is 19.2 Å². The maximum atomic E-state index is 12.1. The lowest BCUT2D eigenvalue weighted by Crippen LogP contribution is -2.49. The van der Waals surface area contributed by atoms with E-state index in [1.165, 1.54) is 24.3 Å². The number of nitro benzene ring substituents is 1. The summed E-state index contributed by atoms with van der Waals surface area (Å²) < 4.78 is 5.29. The predicted molar refractivity (Wildman–Crippen MR) is 101 cm³/mol. The van der Waals surface area contributed by atoms with E-state index in [1.54, 1.807) is 12.1 Å². The number of hydrogen-bond acceptors (Lipinski definition) is 6. The lowest BCUT2D eigenvalue weighted by atomic mass is 10.1. The summed E-state index contributed by atoms with van der Waals surface area (Å²) in [5, 5.41) is 13.0. The monoisotopic (exact) mass is 388 g/mol. The molecule has 0 aliphatic heterocycles. The third-order valence-electron chi connectivity index (χ3n) is 3.28. The third-order valence-corrected chi connectivity index (χ3v) is 3.48. The van der Waals surface area contributed by atoms with Gasteiger partial charge in [-0.2, -0.15) is 0 Å². The van der Waals surface area contributed by atoms with Crippen molar-refractivity contribution >= 4 is 34.8 Å². The number of para-hydroxylation sites is 1. The first-order valence-electron chi connectivity index (χ1n) is 7.70. The van der Waals surface area contributed by atoms with Gasteiger partial charge in [-0.05, 0) is 37.3 Å². The summed E-state index contributed by atoms with van der Waals surface area (Å²) in [6.07, 6.45) is 0. The Balaban J connectivity index is 1.80. The summed E-state index contributed by atoms with van der Waals surface area (Å²) in [5.74, 6) is -0.772. The zero-order valence-electron chi connectivity index (χ0n) is 14.2. The van der Waals surface area contributed by atoms with E-state index < -0.39 is 16.7 Å². The summed E-state index contributed by atoms with van der Waals surface area (Å²) in [4.78, 5) is 34.1. The Kier molecular flexibility index (Phi) is 6.78. The Morgan fingerprint density at radius 3 is 2.44 bits per heavy atom. The molecule has 2 amide bonds. The van der Waals surface area contributed by atoms with Crippen LogP contribution < -0.4 is 20.9 Å². The van der Waals surface area contributed by atoms with Gasteiger partial charge in [0, 0.05) is 6.07 Å². The van der Waals surface area contributed by atoms with E-state index in [1.807, 2.05) is 19.1 Å². The highest BCUT2D eigenvalue weighted by molar-refractivity contribution is 7.80. The van der Waals surface area contributed by atoms with Crippen LogP contribution in [-0.2, 0) is 4.79 Å². The summed E-state index contributed by atoms with van der Waals surface area (Å²) in [5.41, 5.74) is 5.14. The second kappa shape index (κ2) is 9.25. The molecule has 0 aliphatic rings. The molecule has 9 nitrogen and oxygen atoms in total. The Hall–Kier alpha value is -3.53. The minimum Gasteiger partial charge on any atom is -0.484 e. The van der Waals surface area contributed by atoms with Crippen LogP contribution in [0.2, 0.25) is 0 Å². The molecule has 0 saturated heterocycles. The zero-order valence-corrected chi connectivity index (χ0v) is 15.0. The number of nitrogens with zero attached hydrogens (tertiary/aromatic N) is 1. The number of aryl methyl sites for hydroxylation is 1. The molecule has 0 spiro atoms. The average Bonchev–Trinajstić information content (AvgIpc) is 2.65. The van der Waals surface area contributed by atoms with Crippen molar-refractivity contribution in [3.63, 3.8) is 0 Å². The lowest BCUT2D eigenvalue weighted by Gasteiger charge is -2.11. The van der Waals surface area contributed by atoms with Crippen LogP contribution in [-0.4, -0.2) is 28.5 Å². The summed E-state index contributed by atoms with van der Waals surface area (Å²) in [7, 11) is 0. The number of carbonyl (C=O) groups excluding carboxylic acids is 2. The summed E-state index contributed by atoms with van der Waals surface area (Å²) >= 11 is 4.88. The average molecular weight is 388 g/mol. The fraction of sp³-hybridized carbons (Fsp3) is 0.118. The minimum atomic E-state index is -0.773. The van der Waals surface area contributed by atoms with Gasteiger partial charge in [-0.1, -0.05) is 29.8 Å². The van der Waals surface area contributed by atoms with E-state index in [-0.39, 0.29) is 23.0 Å². The van der Waals surface area contributed by atoms with Crippen LogP contribution in [0.1, 0.15) is 15.9 Å². The molecule has 140 valence electrons. The van der Waals surface area contributed by atoms with Crippen LogP contribution in [0.5, 0.6) is 5.75 Å². The zero-order chi connectivity index (χ0) is 19.8. The van der Waals surface area contributed by atoms with Crippen molar-refractivity contribution in [2.24, 2.45) is 0 Å². The van der Waals surface area contributed by atoms with Gasteiger partial charge in [-0.15, -0.1) is 0 Å². The van der Waals surface area contributed by atoms with Gasteiger partial charge < -0.3 is 4.74 Å². The van der Waals surface area contributed by atoms with Gasteiger partial charge in [0.05, 0.1) is 4.92 Å². The minimum absolute atomic E-state index is 0.152. The van der Waals surface area contributed by atoms with Crippen LogP contribution in [0.25, 0.3) is 0 Å². The van der Waals surface area contributed by atoms with Gasteiger partial charge in [0.25, 0.3) is 17.5 Å². The number of carbonyl (C=O) groups is 2. The number of amides is 2. The second-order valence-corrected chi connectivity index (χ2v) is 5.74. The van der Waals surface area contributed by atoms with E-state index >= 15 is 0 Å². The predicted octanol–water partition coefficient (Wildman–Crippen LogP) is 1.62. The molecule has 0 saturated carbocycles. The third kappa shape index (κ3) is 6.04. The molecule has 3 N–H and O–H groups in total. The first kappa shape index (κ1) is 19.8. The maximum absolute atomic E-state index is 12.1. The number of nitrogens with one attached hydrogen (secondary N) is 3. The molecule has 27 heavy (non-hydrogen) atoms. The van der Waals surface area contributed by atoms with Crippen molar-refractivity contribution in [2.75, 3.05) is 6.61 Å².